The highest BCUT2D eigenvalue weighted by Gasteiger charge is 2.46. The first kappa shape index (κ1) is 11.2. The van der Waals surface area contributed by atoms with E-state index in [2.05, 4.69) is 0 Å². The summed E-state index contributed by atoms with van der Waals surface area (Å²) in [5, 5.41) is 0. The summed E-state index contributed by atoms with van der Waals surface area (Å²) in [6, 6.07) is 0.149. The van der Waals surface area contributed by atoms with Gasteiger partial charge in [0.15, 0.2) is 0 Å². The predicted molar refractivity (Wildman–Crippen MR) is 58.4 cm³/mol. The lowest BCUT2D eigenvalue weighted by Gasteiger charge is -2.30. The van der Waals surface area contributed by atoms with Crippen LogP contribution in [-0.4, -0.2) is 28.6 Å². The predicted octanol–water partition coefficient (Wildman–Crippen LogP) is 2.12. The van der Waals surface area contributed by atoms with Crippen molar-refractivity contribution in [2.24, 2.45) is 5.92 Å². The van der Waals surface area contributed by atoms with Crippen molar-refractivity contribution in [3.8, 4) is 0 Å². The van der Waals surface area contributed by atoms with E-state index in [0.717, 1.165) is 19.3 Å². The smallest absolute Gasteiger partial charge is 0.415 e. The molecule has 0 aromatic carbocycles. The van der Waals surface area contributed by atoms with Gasteiger partial charge < -0.3 is 4.74 Å². The summed E-state index contributed by atoms with van der Waals surface area (Å²) in [6.45, 7) is 5.47. The van der Waals surface area contributed by atoms with E-state index in [-0.39, 0.29) is 12.0 Å². The molecule has 4 nitrogen and oxygen atoms in total. The van der Waals surface area contributed by atoms with Gasteiger partial charge in [-0.25, -0.2) is 9.59 Å². The normalized spacial score (nSPS) is 28.2. The van der Waals surface area contributed by atoms with Crippen molar-refractivity contribution in [3.63, 3.8) is 0 Å². The first-order valence-corrected chi connectivity index (χ1v) is 5.69. The van der Waals surface area contributed by atoms with Crippen molar-refractivity contribution in [3.05, 3.63) is 5.70 Å². The van der Waals surface area contributed by atoms with E-state index in [9.17, 15) is 9.59 Å². The lowest BCUT2D eigenvalue weighted by Crippen LogP contribution is -2.40. The van der Waals surface area contributed by atoms with Crippen LogP contribution in [0.15, 0.2) is 5.70 Å². The summed E-state index contributed by atoms with van der Waals surface area (Å²) < 4.78 is 5.29. The number of piperidine rings is 1. The highest BCUT2D eigenvalue weighted by Crippen LogP contribution is 2.44. The van der Waals surface area contributed by atoms with E-state index in [1.165, 1.54) is 4.90 Å². The molecule has 2 unspecified atom stereocenters. The molecule has 0 aromatic heterocycles. The van der Waals surface area contributed by atoms with Gasteiger partial charge in [0.05, 0.1) is 0 Å². The molecule has 16 heavy (non-hydrogen) atoms. The largest absolute Gasteiger partial charge is 0.443 e. The third-order valence-corrected chi connectivity index (χ3v) is 3.11. The van der Waals surface area contributed by atoms with Crippen LogP contribution in [0.5, 0.6) is 0 Å². The number of fused-ring (bicyclic) bond motifs is 2. The Balaban J connectivity index is 2.15. The molecule has 1 amide bonds. The fourth-order valence-electron chi connectivity index (χ4n) is 2.52. The Labute approximate surface area is 95.2 Å². The molecule has 2 aliphatic rings. The third-order valence-electron chi connectivity index (χ3n) is 3.11. The van der Waals surface area contributed by atoms with E-state index in [0.29, 0.717) is 5.70 Å². The lowest BCUT2D eigenvalue weighted by atomic mass is 10.1. The average molecular weight is 223 g/mol. The number of carbonyl (C=O) groups is 1. The van der Waals surface area contributed by atoms with Crippen molar-refractivity contribution in [1.82, 2.24) is 4.90 Å². The fourth-order valence-corrected chi connectivity index (χ4v) is 2.52. The molecule has 2 bridgehead atoms. The zero-order chi connectivity index (χ0) is 11.9. The number of ether oxygens (including phenoxy) is 1. The van der Waals surface area contributed by atoms with Crippen molar-refractivity contribution < 1.29 is 14.3 Å². The van der Waals surface area contributed by atoms with Gasteiger partial charge in [0.1, 0.15) is 17.2 Å². The molecule has 0 N–H and O–H groups in total. The van der Waals surface area contributed by atoms with Gasteiger partial charge >= 0.3 is 6.09 Å². The molecule has 1 saturated heterocycles. The van der Waals surface area contributed by atoms with Crippen molar-refractivity contribution in [2.45, 2.75) is 51.7 Å². The van der Waals surface area contributed by atoms with Gasteiger partial charge in [0, 0.05) is 12.0 Å². The van der Waals surface area contributed by atoms with Gasteiger partial charge in [-0.15, -0.1) is 0 Å². The Morgan fingerprint density at radius 3 is 2.69 bits per heavy atom. The monoisotopic (exact) mass is 223 g/mol. The molecule has 0 radical (unpaired) electrons. The standard InChI is InChI=1S/C12H17NO3/c1-12(2,3)16-11(15)13-9-5-4-8(6-9)10(13)7-14/h8-9H,4-6H2,1-3H3. The number of amides is 1. The first-order valence-electron chi connectivity index (χ1n) is 5.69. The van der Waals surface area contributed by atoms with Crippen LogP contribution in [0.3, 0.4) is 0 Å². The van der Waals surface area contributed by atoms with Gasteiger partial charge in [-0.2, -0.15) is 0 Å². The van der Waals surface area contributed by atoms with Gasteiger partial charge in [-0.3, -0.25) is 4.90 Å². The molecule has 1 aliphatic carbocycles. The van der Waals surface area contributed by atoms with Crippen LogP contribution >= 0.6 is 0 Å². The maximum Gasteiger partial charge on any atom is 0.415 e. The minimum atomic E-state index is -0.521. The number of rotatable bonds is 0. The molecular weight excluding hydrogens is 206 g/mol. The minimum absolute atomic E-state index is 0.149. The molecular formula is C12H17NO3. The highest BCUT2D eigenvalue weighted by molar-refractivity contribution is 5.76. The van der Waals surface area contributed by atoms with Gasteiger partial charge in [0.2, 0.25) is 0 Å². The number of nitrogens with zero attached hydrogens (tertiary/aromatic N) is 1. The summed E-state index contributed by atoms with van der Waals surface area (Å²) in [5.74, 6) is 2.12. The molecule has 2 rings (SSSR count). The van der Waals surface area contributed by atoms with E-state index in [1.807, 2.05) is 26.7 Å². The second kappa shape index (κ2) is 3.63. The number of hydrogen-bond donors (Lipinski definition) is 0. The van der Waals surface area contributed by atoms with Crippen LogP contribution in [0.4, 0.5) is 4.79 Å². The zero-order valence-corrected chi connectivity index (χ0v) is 9.95. The SMILES string of the molecule is CC(C)(C)OC(=O)N1C(=C=O)C2CCC1C2. The Morgan fingerprint density at radius 1 is 1.44 bits per heavy atom. The molecule has 4 heteroatoms. The molecule has 2 atom stereocenters. The summed E-state index contributed by atoms with van der Waals surface area (Å²) in [7, 11) is 0. The molecule has 0 aromatic rings. The van der Waals surface area contributed by atoms with Gasteiger partial charge in [-0.1, -0.05) is 0 Å². The summed E-state index contributed by atoms with van der Waals surface area (Å²) in [6.07, 6.45) is 2.45. The number of likely N-dealkylation sites (tertiary alicyclic amines) is 1. The number of hydrogen-bond acceptors (Lipinski definition) is 3. The Bertz CT molecular complexity index is 363. The maximum atomic E-state index is 11.9. The second-order valence-corrected chi connectivity index (χ2v) is 5.50. The van der Waals surface area contributed by atoms with Crippen LogP contribution in [0.1, 0.15) is 40.0 Å². The van der Waals surface area contributed by atoms with Crippen LogP contribution in [0, 0.1) is 5.92 Å². The Morgan fingerprint density at radius 2 is 2.12 bits per heavy atom. The zero-order valence-electron chi connectivity index (χ0n) is 9.95. The van der Waals surface area contributed by atoms with Crippen molar-refractivity contribution in [2.75, 3.05) is 0 Å². The van der Waals surface area contributed by atoms with Crippen LogP contribution < -0.4 is 0 Å². The quantitative estimate of drug-likeness (QED) is 0.591. The fraction of sp³-hybridized carbons (Fsp3) is 0.750. The Hall–Kier alpha value is -1.28. The summed E-state index contributed by atoms with van der Waals surface area (Å²) in [4.78, 5) is 24.3. The van der Waals surface area contributed by atoms with Crippen molar-refractivity contribution >= 4 is 12.0 Å². The van der Waals surface area contributed by atoms with E-state index in [1.54, 1.807) is 0 Å². The minimum Gasteiger partial charge on any atom is -0.443 e. The van der Waals surface area contributed by atoms with Crippen LogP contribution in [-0.2, 0) is 9.53 Å². The van der Waals surface area contributed by atoms with Gasteiger partial charge in [-0.05, 0) is 40.0 Å². The van der Waals surface area contributed by atoms with E-state index in [4.69, 9.17) is 4.74 Å². The molecule has 1 saturated carbocycles. The van der Waals surface area contributed by atoms with Crippen molar-refractivity contribution in [1.29, 1.82) is 0 Å². The van der Waals surface area contributed by atoms with E-state index < -0.39 is 11.7 Å². The number of allylic oxidation sites excluding steroid dienone is 1. The van der Waals surface area contributed by atoms with E-state index >= 15 is 0 Å². The topological polar surface area (TPSA) is 46.6 Å². The molecule has 0 spiro atoms. The molecule has 1 aliphatic heterocycles. The van der Waals surface area contributed by atoms with Crippen LogP contribution in [0.2, 0.25) is 0 Å². The average Bonchev–Trinajstić information content (AvgIpc) is 2.72. The third kappa shape index (κ3) is 1.85. The van der Waals surface area contributed by atoms with Crippen LogP contribution in [0.25, 0.3) is 0 Å². The Kier molecular flexibility index (Phi) is 2.55. The first-order chi connectivity index (χ1) is 7.42. The molecule has 2 fully saturated rings. The second-order valence-electron chi connectivity index (χ2n) is 5.50. The summed E-state index contributed by atoms with van der Waals surface area (Å²) >= 11 is 0. The molecule has 88 valence electrons. The van der Waals surface area contributed by atoms with Gasteiger partial charge in [0.25, 0.3) is 0 Å². The number of carbonyl (C=O) groups excluding carboxylic acids is 2. The highest BCUT2D eigenvalue weighted by atomic mass is 16.6. The maximum absolute atomic E-state index is 11.9. The lowest BCUT2D eigenvalue weighted by molar-refractivity contribution is 0.0262. The summed E-state index contributed by atoms with van der Waals surface area (Å²) in [5.41, 5.74) is -0.0297. The molecule has 1 heterocycles.